The molecule has 18 heavy (non-hydrogen) atoms. The maximum Gasteiger partial charge on any atom is 0.263 e. The molecular formula is C14H19NO3. The highest BCUT2D eigenvalue weighted by Gasteiger charge is 2.20. The molecule has 0 aliphatic heterocycles. The fraction of sp³-hybridized carbons (Fsp3) is 0.357. The second-order valence-corrected chi connectivity index (χ2v) is 3.87. The molecule has 0 heterocycles. The molecule has 0 saturated heterocycles. The third-order valence-electron chi connectivity index (χ3n) is 2.43. The Kier molecular flexibility index (Phi) is 5.94. The molecule has 1 aromatic rings. The molecule has 1 rings (SSSR count). The highest BCUT2D eigenvalue weighted by molar-refractivity contribution is 5.81. The predicted molar refractivity (Wildman–Crippen MR) is 70.4 cm³/mol. The van der Waals surface area contributed by atoms with Crippen LogP contribution in [0.15, 0.2) is 43.0 Å². The molecule has 1 unspecified atom stereocenters. The number of para-hydroxylation sites is 1. The molecule has 98 valence electrons. The minimum Gasteiger partial charge on any atom is -0.481 e. The fourth-order valence-electron chi connectivity index (χ4n) is 1.58. The van der Waals surface area contributed by atoms with E-state index in [4.69, 9.17) is 9.84 Å². The van der Waals surface area contributed by atoms with E-state index in [-0.39, 0.29) is 19.1 Å². The maximum atomic E-state index is 12.1. The number of amides is 1. The Morgan fingerprint density at radius 1 is 1.50 bits per heavy atom. The van der Waals surface area contributed by atoms with Crippen LogP contribution in [-0.4, -0.2) is 41.7 Å². The monoisotopic (exact) mass is 249 g/mol. The molecule has 0 fully saturated rings. The van der Waals surface area contributed by atoms with Crippen LogP contribution in [0.25, 0.3) is 0 Å². The van der Waals surface area contributed by atoms with E-state index in [2.05, 4.69) is 6.58 Å². The zero-order valence-corrected chi connectivity index (χ0v) is 10.6. The van der Waals surface area contributed by atoms with Crippen LogP contribution in [-0.2, 0) is 4.79 Å². The molecule has 4 nitrogen and oxygen atoms in total. The summed E-state index contributed by atoms with van der Waals surface area (Å²) in [6, 6.07) is 9.18. The van der Waals surface area contributed by atoms with Crippen LogP contribution in [0.5, 0.6) is 5.75 Å². The van der Waals surface area contributed by atoms with Gasteiger partial charge in [-0.15, -0.1) is 6.58 Å². The van der Waals surface area contributed by atoms with Crippen molar-refractivity contribution in [1.29, 1.82) is 0 Å². The number of hydrogen-bond donors (Lipinski definition) is 1. The van der Waals surface area contributed by atoms with Crippen molar-refractivity contribution in [2.75, 3.05) is 19.7 Å². The van der Waals surface area contributed by atoms with Gasteiger partial charge in [-0.25, -0.2) is 0 Å². The van der Waals surface area contributed by atoms with Gasteiger partial charge in [0.25, 0.3) is 5.91 Å². The quantitative estimate of drug-likeness (QED) is 0.744. The first kappa shape index (κ1) is 14.3. The van der Waals surface area contributed by atoms with Crippen molar-refractivity contribution in [1.82, 2.24) is 4.90 Å². The molecule has 1 amide bonds. The molecule has 0 saturated carbocycles. The Morgan fingerprint density at radius 2 is 2.17 bits per heavy atom. The van der Waals surface area contributed by atoms with Crippen LogP contribution in [0.3, 0.4) is 0 Å². The molecule has 0 spiro atoms. The summed E-state index contributed by atoms with van der Waals surface area (Å²) < 4.78 is 5.54. The van der Waals surface area contributed by atoms with Crippen molar-refractivity contribution in [2.45, 2.75) is 13.0 Å². The van der Waals surface area contributed by atoms with Crippen LogP contribution in [0, 0.1) is 0 Å². The van der Waals surface area contributed by atoms with Crippen molar-refractivity contribution >= 4 is 5.91 Å². The van der Waals surface area contributed by atoms with E-state index < -0.39 is 6.10 Å². The number of aliphatic hydroxyl groups excluding tert-OH is 1. The lowest BCUT2D eigenvalue weighted by Gasteiger charge is -2.24. The van der Waals surface area contributed by atoms with E-state index in [1.807, 2.05) is 18.2 Å². The summed E-state index contributed by atoms with van der Waals surface area (Å²) in [5.41, 5.74) is 0. The van der Waals surface area contributed by atoms with E-state index in [1.54, 1.807) is 25.1 Å². The van der Waals surface area contributed by atoms with Gasteiger partial charge < -0.3 is 14.7 Å². The normalized spacial score (nSPS) is 11.7. The van der Waals surface area contributed by atoms with Gasteiger partial charge in [0, 0.05) is 13.1 Å². The first-order valence-corrected chi connectivity index (χ1v) is 5.91. The van der Waals surface area contributed by atoms with Crippen LogP contribution in [0.4, 0.5) is 0 Å². The highest BCUT2D eigenvalue weighted by atomic mass is 16.5. The van der Waals surface area contributed by atoms with E-state index in [0.29, 0.717) is 12.3 Å². The summed E-state index contributed by atoms with van der Waals surface area (Å²) in [6.07, 6.45) is 1.04. The first-order chi connectivity index (χ1) is 8.69. The maximum absolute atomic E-state index is 12.1. The number of hydrogen-bond acceptors (Lipinski definition) is 3. The van der Waals surface area contributed by atoms with Crippen molar-refractivity contribution < 1.29 is 14.6 Å². The van der Waals surface area contributed by atoms with E-state index in [0.717, 1.165) is 0 Å². The standard InChI is InChI=1S/C14H19NO3/c1-3-9-15(10-11-16)14(17)12(2)18-13-7-5-4-6-8-13/h3-8,12,16H,1,9-11H2,2H3. The van der Waals surface area contributed by atoms with Gasteiger partial charge in [0.05, 0.1) is 6.61 Å². The lowest BCUT2D eigenvalue weighted by Crippen LogP contribution is -2.42. The van der Waals surface area contributed by atoms with Gasteiger partial charge in [-0.2, -0.15) is 0 Å². The molecular weight excluding hydrogens is 230 g/mol. The van der Waals surface area contributed by atoms with E-state index in [9.17, 15) is 4.79 Å². The minimum absolute atomic E-state index is 0.0718. The summed E-state index contributed by atoms with van der Waals surface area (Å²) in [6.45, 7) is 5.91. The highest BCUT2D eigenvalue weighted by Crippen LogP contribution is 2.12. The van der Waals surface area contributed by atoms with Crippen molar-refractivity contribution in [2.24, 2.45) is 0 Å². The number of carbonyl (C=O) groups excluding carboxylic acids is 1. The number of aliphatic hydroxyl groups is 1. The summed E-state index contributed by atoms with van der Waals surface area (Å²) in [5, 5.41) is 8.91. The second-order valence-electron chi connectivity index (χ2n) is 3.87. The van der Waals surface area contributed by atoms with Gasteiger partial charge in [0.15, 0.2) is 6.10 Å². The Balaban J connectivity index is 2.61. The molecule has 0 aliphatic rings. The topological polar surface area (TPSA) is 49.8 Å². The average Bonchev–Trinajstić information content (AvgIpc) is 2.39. The molecule has 0 aromatic heterocycles. The summed E-state index contributed by atoms with van der Waals surface area (Å²) in [4.78, 5) is 13.6. The predicted octanol–water partition coefficient (Wildman–Crippen LogP) is 1.46. The molecule has 0 aliphatic carbocycles. The third-order valence-corrected chi connectivity index (χ3v) is 2.43. The van der Waals surface area contributed by atoms with Crippen LogP contribution in [0.1, 0.15) is 6.92 Å². The number of benzene rings is 1. The van der Waals surface area contributed by atoms with Gasteiger partial charge >= 0.3 is 0 Å². The number of rotatable bonds is 7. The van der Waals surface area contributed by atoms with Gasteiger partial charge in [0.1, 0.15) is 5.75 Å². The first-order valence-electron chi connectivity index (χ1n) is 5.91. The van der Waals surface area contributed by atoms with E-state index in [1.165, 1.54) is 4.90 Å². The Morgan fingerprint density at radius 3 is 2.72 bits per heavy atom. The Labute approximate surface area is 107 Å². The minimum atomic E-state index is -0.584. The Bertz CT molecular complexity index is 378. The largest absolute Gasteiger partial charge is 0.481 e. The van der Waals surface area contributed by atoms with Crippen LogP contribution < -0.4 is 4.74 Å². The molecule has 1 aromatic carbocycles. The summed E-state index contributed by atoms with van der Waals surface area (Å²) in [7, 11) is 0. The smallest absolute Gasteiger partial charge is 0.263 e. The number of ether oxygens (including phenoxy) is 1. The van der Waals surface area contributed by atoms with E-state index >= 15 is 0 Å². The molecule has 1 atom stereocenters. The van der Waals surface area contributed by atoms with Crippen molar-refractivity contribution in [3.63, 3.8) is 0 Å². The van der Waals surface area contributed by atoms with Crippen molar-refractivity contribution in [3.05, 3.63) is 43.0 Å². The third kappa shape index (κ3) is 4.22. The summed E-state index contributed by atoms with van der Waals surface area (Å²) >= 11 is 0. The average molecular weight is 249 g/mol. The zero-order valence-electron chi connectivity index (χ0n) is 10.6. The van der Waals surface area contributed by atoms with Gasteiger partial charge in [0.2, 0.25) is 0 Å². The lowest BCUT2D eigenvalue weighted by molar-refractivity contribution is -0.137. The van der Waals surface area contributed by atoms with Gasteiger partial charge in [-0.05, 0) is 19.1 Å². The van der Waals surface area contributed by atoms with Crippen LogP contribution >= 0.6 is 0 Å². The van der Waals surface area contributed by atoms with Gasteiger partial charge in [-0.3, -0.25) is 4.79 Å². The molecule has 0 bridgehead atoms. The molecule has 0 radical (unpaired) electrons. The van der Waals surface area contributed by atoms with Crippen molar-refractivity contribution in [3.8, 4) is 5.75 Å². The SMILES string of the molecule is C=CCN(CCO)C(=O)C(C)Oc1ccccc1. The molecule has 4 heteroatoms. The fourth-order valence-corrected chi connectivity index (χ4v) is 1.58. The molecule has 1 N–H and O–H groups in total. The summed E-state index contributed by atoms with van der Waals surface area (Å²) in [5.74, 6) is 0.494. The second kappa shape index (κ2) is 7.50. The zero-order chi connectivity index (χ0) is 13.4. The Hall–Kier alpha value is -1.81. The number of carbonyl (C=O) groups is 1. The lowest BCUT2D eigenvalue weighted by atomic mass is 10.3. The van der Waals surface area contributed by atoms with Gasteiger partial charge in [-0.1, -0.05) is 24.3 Å². The number of nitrogens with zero attached hydrogens (tertiary/aromatic N) is 1. The van der Waals surface area contributed by atoms with Crippen LogP contribution in [0.2, 0.25) is 0 Å².